The molecule has 0 unspecified atom stereocenters. The molecule has 0 atom stereocenters. The van der Waals surface area contributed by atoms with Crippen molar-refractivity contribution in [1.82, 2.24) is 4.72 Å². The summed E-state index contributed by atoms with van der Waals surface area (Å²) >= 11 is 0. The van der Waals surface area contributed by atoms with Gasteiger partial charge >= 0.3 is 0 Å². The summed E-state index contributed by atoms with van der Waals surface area (Å²) in [6, 6.07) is 4.65. The lowest BCUT2D eigenvalue weighted by Gasteiger charge is -2.14. The van der Waals surface area contributed by atoms with Gasteiger partial charge in [0.05, 0.1) is 11.9 Å². The van der Waals surface area contributed by atoms with E-state index in [0.717, 1.165) is 31.2 Å². The highest BCUT2D eigenvalue weighted by atomic mass is 32.2. The van der Waals surface area contributed by atoms with Crippen LogP contribution in [0.15, 0.2) is 18.2 Å². The molecule has 0 spiro atoms. The van der Waals surface area contributed by atoms with Crippen molar-refractivity contribution in [1.29, 1.82) is 0 Å². The van der Waals surface area contributed by atoms with E-state index in [9.17, 15) is 12.8 Å². The van der Waals surface area contributed by atoms with E-state index in [0.29, 0.717) is 6.42 Å². The average Bonchev–Trinajstić information content (AvgIpc) is 3.01. The summed E-state index contributed by atoms with van der Waals surface area (Å²) in [5.41, 5.74) is 0.823. The molecule has 5 nitrogen and oxygen atoms in total. The summed E-state index contributed by atoms with van der Waals surface area (Å²) in [7, 11) is -3.37. The van der Waals surface area contributed by atoms with E-state index in [2.05, 4.69) is 4.72 Å². The van der Waals surface area contributed by atoms with Gasteiger partial charge in [-0.25, -0.2) is 17.5 Å². The molecule has 2 N–H and O–H groups in total. The smallest absolute Gasteiger partial charge is 0.211 e. The summed E-state index contributed by atoms with van der Waals surface area (Å²) < 4.78 is 45.2. The fraction of sp³-hybridized carbons (Fsp3) is 0.625. The lowest BCUT2D eigenvalue weighted by molar-refractivity contribution is 0.200. The third-order valence-corrected chi connectivity index (χ3v) is 5.37. The van der Waals surface area contributed by atoms with E-state index in [-0.39, 0.29) is 43.0 Å². The quantitative estimate of drug-likeness (QED) is 0.718. The second-order valence-electron chi connectivity index (χ2n) is 5.83. The third kappa shape index (κ3) is 6.08. The number of hydrogen-bond acceptors (Lipinski definition) is 4. The first-order valence-electron chi connectivity index (χ1n) is 8.03. The molecule has 1 aliphatic rings. The van der Waals surface area contributed by atoms with Crippen LogP contribution >= 0.6 is 0 Å². The highest BCUT2D eigenvalue weighted by Crippen LogP contribution is 2.26. The fourth-order valence-corrected chi connectivity index (χ4v) is 3.72. The van der Waals surface area contributed by atoms with Crippen LogP contribution in [-0.2, 0) is 16.4 Å². The van der Waals surface area contributed by atoms with Gasteiger partial charge in [0.15, 0.2) is 11.6 Å². The number of sulfonamides is 1. The van der Waals surface area contributed by atoms with Crippen molar-refractivity contribution in [2.24, 2.45) is 0 Å². The summed E-state index contributed by atoms with van der Waals surface area (Å²) in [6.45, 7) is 0.0863. The first-order chi connectivity index (χ1) is 11.0. The molecule has 0 radical (unpaired) electrons. The molecular weight excluding hydrogens is 321 g/mol. The molecule has 1 aromatic rings. The molecule has 1 aromatic carbocycles. The summed E-state index contributed by atoms with van der Waals surface area (Å²) in [5, 5.41) is 8.66. The number of nitrogens with one attached hydrogen (secondary N) is 1. The Morgan fingerprint density at radius 1 is 1.30 bits per heavy atom. The van der Waals surface area contributed by atoms with Crippen LogP contribution in [0, 0.1) is 5.82 Å². The SMILES string of the molecule is O=S(=O)(CCCO)NCCc1ccc(F)c(OC2CCCC2)c1. The minimum Gasteiger partial charge on any atom is -0.487 e. The molecule has 7 heteroatoms. The number of benzene rings is 1. The Bertz CT molecular complexity index is 600. The van der Waals surface area contributed by atoms with Gasteiger partial charge in [0.25, 0.3) is 0 Å². The summed E-state index contributed by atoms with van der Waals surface area (Å²) in [6.07, 6.45) is 4.88. The van der Waals surface area contributed by atoms with Gasteiger partial charge in [-0.3, -0.25) is 0 Å². The third-order valence-electron chi connectivity index (χ3n) is 3.90. The van der Waals surface area contributed by atoms with Gasteiger partial charge in [0, 0.05) is 13.2 Å². The van der Waals surface area contributed by atoms with Crippen molar-refractivity contribution in [2.75, 3.05) is 18.9 Å². The molecule has 0 heterocycles. The molecule has 0 saturated heterocycles. The first kappa shape index (κ1) is 18.2. The highest BCUT2D eigenvalue weighted by molar-refractivity contribution is 7.89. The van der Waals surface area contributed by atoms with Crippen LogP contribution in [0.1, 0.15) is 37.7 Å². The molecule has 1 fully saturated rings. The van der Waals surface area contributed by atoms with Gasteiger partial charge in [-0.1, -0.05) is 6.07 Å². The zero-order valence-corrected chi connectivity index (χ0v) is 13.9. The van der Waals surface area contributed by atoms with Crippen molar-refractivity contribution in [3.8, 4) is 5.75 Å². The molecule has 0 bridgehead atoms. The van der Waals surface area contributed by atoms with Crippen molar-refractivity contribution in [3.63, 3.8) is 0 Å². The fourth-order valence-electron chi connectivity index (χ4n) is 2.66. The topological polar surface area (TPSA) is 75.6 Å². The maximum atomic E-state index is 13.8. The van der Waals surface area contributed by atoms with Gasteiger partial charge in [-0.2, -0.15) is 0 Å². The Morgan fingerprint density at radius 3 is 2.74 bits per heavy atom. The van der Waals surface area contributed by atoms with Crippen LogP contribution < -0.4 is 9.46 Å². The molecule has 0 aliphatic heterocycles. The molecule has 1 saturated carbocycles. The van der Waals surface area contributed by atoms with Gasteiger partial charge in [-0.15, -0.1) is 0 Å². The Labute approximate surface area is 136 Å². The van der Waals surface area contributed by atoms with Crippen LogP contribution in [0.4, 0.5) is 4.39 Å². The van der Waals surface area contributed by atoms with E-state index in [4.69, 9.17) is 9.84 Å². The molecule has 0 aromatic heterocycles. The van der Waals surface area contributed by atoms with Crippen LogP contribution in [0.5, 0.6) is 5.75 Å². The van der Waals surface area contributed by atoms with E-state index in [1.807, 2.05) is 0 Å². The zero-order chi connectivity index (χ0) is 16.7. The minimum absolute atomic E-state index is 0.0803. The lowest BCUT2D eigenvalue weighted by Crippen LogP contribution is -2.28. The normalized spacial score (nSPS) is 15.9. The largest absolute Gasteiger partial charge is 0.487 e. The standard InChI is InChI=1S/C16H24FNO4S/c17-15-7-6-13(8-9-18-23(20,21)11-3-10-19)12-16(15)22-14-4-1-2-5-14/h6-7,12,14,18-19H,1-5,8-11H2. The Balaban J connectivity index is 1.87. The lowest BCUT2D eigenvalue weighted by atomic mass is 10.1. The summed E-state index contributed by atoms with van der Waals surface area (Å²) in [4.78, 5) is 0. The minimum atomic E-state index is -3.37. The molecular formula is C16H24FNO4S. The second kappa shape index (κ2) is 8.61. The molecule has 1 aliphatic carbocycles. The van der Waals surface area contributed by atoms with Crippen molar-refractivity contribution in [2.45, 2.75) is 44.6 Å². The number of hydrogen-bond donors (Lipinski definition) is 2. The van der Waals surface area contributed by atoms with Crippen LogP contribution in [-0.4, -0.2) is 38.5 Å². The number of aliphatic hydroxyl groups excluding tert-OH is 1. The molecule has 23 heavy (non-hydrogen) atoms. The highest BCUT2D eigenvalue weighted by Gasteiger charge is 2.18. The van der Waals surface area contributed by atoms with Crippen LogP contribution in [0.3, 0.4) is 0 Å². The predicted molar refractivity (Wildman–Crippen MR) is 86.5 cm³/mol. The monoisotopic (exact) mass is 345 g/mol. The van der Waals surface area contributed by atoms with Gasteiger partial charge in [0.1, 0.15) is 0 Å². The van der Waals surface area contributed by atoms with E-state index >= 15 is 0 Å². The van der Waals surface area contributed by atoms with E-state index in [1.165, 1.54) is 6.07 Å². The Hall–Kier alpha value is -1.18. The average molecular weight is 345 g/mol. The summed E-state index contributed by atoms with van der Waals surface area (Å²) in [5.74, 6) is -0.232. The molecule has 2 rings (SSSR count). The van der Waals surface area contributed by atoms with Crippen LogP contribution in [0.2, 0.25) is 0 Å². The van der Waals surface area contributed by atoms with Crippen LogP contribution in [0.25, 0.3) is 0 Å². The molecule has 130 valence electrons. The van der Waals surface area contributed by atoms with E-state index < -0.39 is 10.0 Å². The number of aliphatic hydroxyl groups is 1. The Kier molecular flexibility index (Phi) is 6.80. The van der Waals surface area contributed by atoms with Gasteiger partial charge in [-0.05, 0) is 56.2 Å². The van der Waals surface area contributed by atoms with Crippen molar-refractivity contribution < 1.29 is 22.7 Å². The second-order valence-corrected chi connectivity index (χ2v) is 7.76. The number of halogens is 1. The molecule has 0 amide bonds. The van der Waals surface area contributed by atoms with E-state index in [1.54, 1.807) is 12.1 Å². The van der Waals surface area contributed by atoms with Gasteiger partial charge in [0.2, 0.25) is 10.0 Å². The predicted octanol–water partition coefficient (Wildman–Crippen LogP) is 1.99. The Morgan fingerprint density at radius 2 is 2.04 bits per heavy atom. The maximum Gasteiger partial charge on any atom is 0.211 e. The maximum absolute atomic E-state index is 13.8. The number of rotatable bonds is 9. The van der Waals surface area contributed by atoms with Crippen molar-refractivity contribution in [3.05, 3.63) is 29.6 Å². The zero-order valence-electron chi connectivity index (χ0n) is 13.1. The number of ether oxygens (including phenoxy) is 1. The first-order valence-corrected chi connectivity index (χ1v) is 9.69. The van der Waals surface area contributed by atoms with Crippen molar-refractivity contribution >= 4 is 10.0 Å². The van der Waals surface area contributed by atoms with Gasteiger partial charge < -0.3 is 9.84 Å².